The normalized spacial score (nSPS) is 15.6. The molecule has 0 saturated heterocycles. The van der Waals surface area contributed by atoms with Crippen molar-refractivity contribution in [2.45, 2.75) is 25.8 Å². The number of hydrogen-bond donors (Lipinski definition) is 2. The van der Waals surface area contributed by atoms with Gasteiger partial charge >= 0.3 is 0 Å². The van der Waals surface area contributed by atoms with Crippen LogP contribution in [0.1, 0.15) is 29.5 Å². The van der Waals surface area contributed by atoms with Crippen molar-refractivity contribution < 1.29 is 5.11 Å². The molecule has 2 N–H and O–H groups in total. The summed E-state index contributed by atoms with van der Waals surface area (Å²) in [4.78, 5) is 9.06. The highest BCUT2D eigenvalue weighted by Crippen LogP contribution is 2.27. The molecule has 3 rings (SSSR count). The second kappa shape index (κ2) is 7.18. The maximum Gasteiger partial charge on any atom is 0.135 e. The molecule has 114 valence electrons. The molecule has 0 amide bonds. The van der Waals surface area contributed by atoms with Crippen molar-refractivity contribution in [3.05, 3.63) is 59.3 Å². The predicted molar refractivity (Wildman–Crippen MR) is 89.4 cm³/mol. The van der Waals surface area contributed by atoms with Gasteiger partial charge < -0.3 is 10.4 Å². The Morgan fingerprint density at radius 2 is 2.00 bits per heavy atom. The quantitative estimate of drug-likeness (QED) is 0.892. The first-order valence-electron chi connectivity index (χ1n) is 7.78. The van der Waals surface area contributed by atoms with E-state index in [1.165, 1.54) is 11.1 Å². The topological polar surface area (TPSA) is 57.5 Å². The van der Waals surface area contributed by atoms with Crippen LogP contribution in [0.2, 0.25) is 0 Å². The van der Waals surface area contributed by atoms with Gasteiger partial charge in [-0.2, -0.15) is 0 Å². The minimum atomic E-state index is 0.0892. The van der Waals surface area contributed by atoms with Crippen LogP contribution in [-0.4, -0.2) is 29.0 Å². The molecule has 1 aliphatic carbocycles. The second-order valence-corrected chi connectivity index (χ2v) is 5.44. The summed E-state index contributed by atoms with van der Waals surface area (Å²) in [7, 11) is 0. The minimum Gasteiger partial charge on any atom is -0.394 e. The van der Waals surface area contributed by atoms with Crippen molar-refractivity contribution in [3.8, 4) is 0 Å². The number of fused-ring (bicyclic) bond motifs is 1. The van der Waals surface area contributed by atoms with Crippen LogP contribution in [0.25, 0.3) is 0 Å². The maximum absolute atomic E-state index is 9.03. The number of rotatable bonds is 5. The Bertz CT molecular complexity index is 653. The molecule has 0 spiro atoms. The molecular weight excluding hydrogens is 274 g/mol. The molecule has 1 aliphatic rings. The van der Waals surface area contributed by atoms with Gasteiger partial charge in [-0.15, -0.1) is 0 Å². The predicted octanol–water partition coefficient (Wildman–Crippen LogP) is 2.81. The monoisotopic (exact) mass is 295 g/mol. The minimum absolute atomic E-state index is 0.0892. The van der Waals surface area contributed by atoms with E-state index in [4.69, 9.17) is 5.11 Å². The highest BCUT2D eigenvalue weighted by atomic mass is 16.3. The van der Waals surface area contributed by atoms with Crippen LogP contribution in [0.15, 0.2) is 47.6 Å². The van der Waals surface area contributed by atoms with E-state index < -0.39 is 0 Å². The van der Waals surface area contributed by atoms with Crippen molar-refractivity contribution >= 4 is 11.5 Å². The van der Waals surface area contributed by atoms with Crippen LogP contribution in [0.3, 0.4) is 0 Å². The number of aryl methyl sites for hydroxylation is 1. The Hall–Kier alpha value is -2.20. The van der Waals surface area contributed by atoms with E-state index in [9.17, 15) is 0 Å². The first-order valence-corrected chi connectivity index (χ1v) is 7.78. The summed E-state index contributed by atoms with van der Waals surface area (Å²) < 4.78 is 0. The number of benzene rings is 1. The third-order valence-corrected chi connectivity index (χ3v) is 3.89. The van der Waals surface area contributed by atoms with Gasteiger partial charge in [0.05, 0.1) is 13.2 Å². The second-order valence-electron chi connectivity index (χ2n) is 5.44. The zero-order valence-corrected chi connectivity index (χ0v) is 12.6. The molecule has 0 unspecified atom stereocenters. The van der Waals surface area contributed by atoms with E-state index in [0.717, 1.165) is 42.9 Å². The molecule has 2 aromatic rings. The van der Waals surface area contributed by atoms with Crippen LogP contribution >= 0.6 is 0 Å². The summed E-state index contributed by atoms with van der Waals surface area (Å²) in [5, 5.41) is 12.5. The Balaban J connectivity index is 1.85. The number of aliphatic hydroxyl groups excluding tert-OH is 1. The SMILES string of the molecule is OCCN=C1CCCc2ccnc(NCc3ccccc3)c21. The van der Waals surface area contributed by atoms with E-state index in [-0.39, 0.29) is 6.61 Å². The fourth-order valence-corrected chi connectivity index (χ4v) is 2.86. The largest absolute Gasteiger partial charge is 0.394 e. The number of aliphatic hydroxyl groups is 1. The molecule has 22 heavy (non-hydrogen) atoms. The summed E-state index contributed by atoms with van der Waals surface area (Å²) in [6.45, 7) is 1.30. The van der Waals surface area contributed by atoms with E-state index in [0.29, 0.717) is 6.54 Å². The van der Waals surface area contributed by atoms with Crippen molar-refractivity contribution in [2.24, 2.45) is 4.99 Å². The van der Waals surface area contributed by atoms with Gasteiger partial charge in [-0.25, -0.2) is 4.98 Å². The molecule has 1 aromatic heterocycles. The molecule has 0 atom stereocenters. The lowest BCUT2D eigenvalue weighted by Crippen LogP contribution is -2.17. The standard InChI is InChI=1S/C18H21N3O/c22-12-11-19-16-8-4-7-15-9-10-20-18(17(15)16)21-13-14-5-2-1-3-6-14/h1-3,5-6,9-10,22H,4,7-8,11-13H2,(H,20,21). The first kappa shape index (κ1) is 14.7. The summed E-state index contributed by atoms with van der Waals surface area (Å²) in [5.74, 6) is 0.901. The third kappa shape index (κ3) is 3.34. The fourth-order valence-electron chi connectivity index (χ4n) is 2.86. The molecule has 4 nitrogen and oxygen atoms in total. The average molecular weight is 295 g/mol. The number of aliphatic imine (C=N–C) groups is 1. The average Bonchev–Trinajstić information content (AvgIpc) is 2.59. The summed E-state index contributed by atoms with van der Waals surface area (Å²) >= 11 is 0. The van der Waals surface area contributed by atoms with Gasteiger partial charge in [0.1, 0.15) is 5.82 Å². The molecule has 0 saturated carbocycles. The van der Waals surface area contributed by atoms with Crippen molar-refractivity contribution in [1.82, 2.24) is 4.98 Å². The number of nitrogens with one attached hydrogen (secondary N) is 1. The van der Waals surface area contributed by atoms with Crippen LogP contribution < -0.4 is 5.32 Å². The van der Waals surface area contributed by atoms with E-state index in [1.54, 1.807) is 0 Å². The summed E-state index contributed by atoms with van der Waals surface area (Å²) in [6.07, 6.45) is 5.00. The Morgan fingerprint density at radius 1 is 1.14 bits per heavy atom. The van der Waals surface area contributed by atoms with Gasteiger partial charge in [0.2, 0.25) is 0 Å². The summed E-state index contributed by atoms with van der Waals surface area (Å²) in [6, 6.07) is 12.4. The maximum atomic E-state index is 9.03. The van der Waals surface area contributed by atoms with Crippen LogP contribution in [-0.2, 0) is 13.0 Å². The molecule has 0 aliphatic heterocycles. The Morgan fingerprint density at radius 3 is 2.82 bits per heavy atom. The van der Waals surface area contributed by atoms with E-state index in [2.05, 4.69) is 33.5 Å². The fraction of sp³-hybridized carbons (Fsp3) is 0.333. The van der Waals surface area contributed by atoms with Crippen molar-refractivity contribution in [3.63, 3.8) is 0 Å². The number of anilines is 1. The zero-order valence-electron chi connectivity index (χ0n) is 12.6. The van der Waals surface area contributed by atoms with Gasteiger partial charge in [-0.05, 0) is 36.5 Å². The number of pyridine rings is 1. The molecule has 0 radical (unpaired) electrons. The van der Waals surface area contributed by atoms with E-state index in [1.807, 2.05) is 24.4 Å². The van der Waals surface area contributed by atoms with Crippen LogP contribution in [0, 0.1) is 0 Å². The molecule has 0 bridgehead atoms. The smallest absolute Gasteiger partial charge is 0.135 e. The summed E-state index contributed by atoms with van der Waals surface area (Å²) in [5.41, 5.74) is 4.73. The van der Waals surface area contributed by atoms with Crippen LogP contribution in [0.4, 0.5) is 5.82 Å². The first-order chi connectivity index (χ1) is 10.9. The number of aromatic nitrogens is 1. The molecule has 4 heteroatoms. The highest BCUT2D eigenvalue weighted by molar-refractivity contribution is 6.06. The molecular formula is C18H21N3O. The zero-order chi connectivity index (χ0) is 15.2. The molecule has 1 heterocycles. The van der Waals surface area contributed by atoms with Gasteiger partial charge in [-0.3, -0.25) is 4.99 Å². The van der Waals surface area contributed by atoms with E-state index >= 15 is 0 Å². The number of nitrogens with zero attached hydrogens (tertiary/aromatic N) is 2. The number of hydrogen-bond acceptors (Lipinski definition) is 4. The Labute approximate surface area is 130 Å². The lowest BCUT2D eigenvalue weighted by molar-refractivity contribution is 0.307. The van der Waals surface area contributed by atoms with Gasteiger partial charge in [0.25, 0.3) is 0 Å². The molecule has 1 aromatic carbocycles. The van der Waals surface area contributed by atoms with Gasteiger partial charge in [0, 0.05) is 24.0 Å². The molecule has 0 fully saturated rings. The Kier molecular flexibility index (Phi) is 4.81. The van der Waals surface area contributed by atoms with Crippen LogP contribution in [0.5, 0.6) is 0 Å². The van der Waals surface area contributed by atoms with Gasteiger partial charge in [0.15, 0.2) is 0 Å². The third-order valence-electron chi connectivity index (χ3n) is 3.89. The highest BCUT2D eigenvalue weighted by Gasteiger charge is 2.19. The van der Waals surface area contributed by atoms with Crippen molar-refractivity contribution in [2.75, 3.05) is 18.5 Å². The lowest BCUT2D eigenvalue weighted by Gasteiger charge is -2.21. The van der Waals surface area contributed by atoms with Crippen molar-refractivity contribution in [1.29, 1.82) is 0 Å². The lowest BCUT2D eigenvalue weighted by atomic mass is 9.90. The van der Waals surface area contributed by atoms with Gasteiger partial charge in [-0.1, -0.05) is 30.3 Å².